The first-order valence-corrected chi connectivity index (χ1v) is 6.82. The Hall–Kier alpha value is -1.23. The lowest BCUT2D eigenvalue weighted by atomic mass is 9.51. The molecule has 0 atom stereocenters. The minimum absolute atomic E-state index is 0.549. The van der Waals surface area contributed by atoms with Gasteiger partial charge in [-0.25, -0.2) is 0 Å². The van der Waals surface area contributed by atoms with Crippen LogP contribution in [-0.4, -0.2) is 0 Å². The Morgan fingerprint density at radius 1 is 1.06 bits per heavy atom. The standard InChI is InChI=1S/C15H17NO/c16-8-11-1-2-17-15(11)14-12-4-9-3-10(6-12)7-13(14)5-9/h1-2,9-10,12-14H,3-7H2. The molecule has 0 N–H and O–H groups in total. The van der Waals surface area contributed by atoms with Crippen molar-refractivity contribution in [2.75, 3.05) is 0 Å². The van der Waals surface area contributed by atoms with E-state index in [1.54, 1.807) is 6.26 Å². The van der Waals surface area contributed by atoms with E-state index in [0.717, 1.165) is 35.0 Å². The van der Waals surface area contributed by atoms with E-state index in [9.17, 15) is 0 Å². The van der Waals surface area contributed by atoms with Gasteiger partial charge in [-0.1, -0.05) is 0 Å². The van der Waals surface area contributed by atoms with Crippen molar-refractivity contribution in [2.24, 2.45) is 23.7 Å². The highest BCUT2D eigenvalue weighted by atomic mass is 16.3. The first-order chi connectivity index (χ1) is 8.35. The second-order valence-electron chi connectivity index (χ2n) is 6.27. The summed E-state index contributed by atoms with van der Waals surface area (Å²) >= 11 is 0. The Morgan fingerprint density at radius 3 is 2.29 bits per heavy atom. The lowest BCUT2D eigenvalue weighted by Crippen LogP contribution is -2.43. The molecule has 2 heteroatoms. The van der Waals surface area contributed by atoms with Gasteiger partial charge in [0.2, 0.25) is 0 Å². The summed E-state index contributed by atoms with van der Waals surface area (Å²) in [4.78, 5) is 0. The van der Waals surface area contributed by atoms with Crippen molar-refractivity contribution in [3.63, 3.8) is 0 Å². The highest BCUT2D eigenvalue weighted by Gasteiger charge is 2.50. The van der Waals surface area contributed by atoms with Gasteiger partial charge in [0.1, 0.15) is 11.8 Å². The zero-order chi connectivity index (χ0) is 11.4. The first kappa shape index (κ1) is 9.76. The van der Waals surface area contributed by atoms with E-state index in [-0.39, 0.29) is 0 Å². The van der Waals surface area contributed by atoms with Crippen LogP contribution in [0.2, 0.25) is 0 Å². The van der Waals surface area contributed by atoms with Crippen molar-refractivity contribution in [3.05, 3.63) is 23.7 Å². The molecule has 2 nitrogen and oxygen atoms in total. The van der Waals surface area contributed by atoms with E-state index in [1.165, 1.54) is 32.1 Å². The van der Waals surface area contributed by atoms with Crippen LogP contribution in [0.15, 0.2) is 16.7 Å². The molecule has 4 bridgehead atoms. The SMILES string of the molecule is N#Cc1ccoc1C1C2CC3CC(C2)CC1C3. The summed E-state index contributed by atoms with van der Waals surface area (Å²) in [6.07, 6.45) is 8.68. The third kappa shape index (κ3) is 1.32. The van der Waals surface area contributed by atoms with Gasteiger partial charge in [-0.2, -0.15) is 5.26 Å². The van der Waals surface area contributed by atoms with Gasteiger partial charge in [-0.3, -0.25) is 0 Å². The molecule has 1 aromatic heterocycles. The minimum Gasteiger partial charge on any atom is -0.468 e. The zero-order valence-electron chi connectivity index (χ0n) is 9.93. The molecule has 0 amide bonds. The molecule has 17 heavy (non-hydrogen) atoms. The summed E-state index contributed by atoms with van der Waals surface area (Å²) in [5.41, 5.74) is 0.780. The van der Waals surface area contributed by atoms with Gasteiger partial charge in [0.15, 0.2) is 0 Å². The number of hydrogen-bond donors (Lipinski definition) is 0. The molecule has 1 heterocycles. The number of nitrogens with zero attached hydrogens (tertiary/aromatic N) is 1. The molecular formula is C15H17NO. The van der Waals surface area contributed by atoms with Gasteiger partial charge in [0, 0.05) is 5.92 Å². The highest BCUT2D eigenvalue weighted by molar-refractivity contribution is 5.35. The summed E-state index contributed by atoms with van der Waals surface area (Å²) in [5, 5.41) is 9.15. The van der Waals surface area contributed by atoms with Crippen molar-refractivity contribution in [2.45, 2.75) is 38.0 Å². The summed E-state index contributed by atoms with van der Waals surface area (Å²) in [6, 6.07) is 4.12. The highest BCUT2D eigenvalue weighted by Crippen LogP contribution is 2.60. The molecule has 0 spiro atoms. The molecule has 88 valence electrons. The topological polar surface area (TPSA) is 36.9 Å². The van der Waals surface area contributed by atoms with Crippen molar-refractivity contribution >= 4 is 0 Å². The molecule has 4 saturated carbocycles. The van der Waals surface area contributed by atoms with Crippen LogP contribution >= 0.6 is 0 Å². The number of nitriles is 1. The van der Waals surface area contributed by atoms with Gasteiger partial charge in [-0.05, 0) is 61.8 Å². The fourth-order valence-electron chi connectivity index (χ4n) is 5.02. The fraction of sp³-hybridized carbons (Fsp3) is 0.667. The van der Waals surface area contributed by atoms with Crippen molar-refractivity contribution < 1.29 is 4.42 Å². The van der Waals surface area contributed by atoms with Gasteiger partial charge >= 0.3 is 0 Å². The molecule has 0 aliphatic heterocycles. The average molecular weight is 227 g/mol. The van der Waals surface area contributed by atoms with E-state index in [4.69, 9.17) is 9.68 Å². The van der Waals surface area contributed by atoms with Crippen LogP contribution in [0.3, 0.4) is 0 Å². The van der Waals surface area contributed by atoms with E-state index < -0.39 is 0 Å². The van der Waals surface area contributed by atoms with Crippen LogP contribution in [-0.2, 0) is 0 Å². The van der Waals surface area contributed by atoms with Crippen LogP contribution in [0.4, 0.5) is 0 Å². The molecule has 0 saturated heterocycles. The lowest BCUT2D eigenvalue weighted by molar-refractivity contribution is -0.00973. The second kappa shape index (κ2) is 3.38. The van der Waals surface area contributed by atoms with Crippen LogP contribution in [0.5, 0.6) is 0 Å². The summed E-state index contributed by atoms with van der Waals surface area (Å²) in [6.45, 7) is 0. The normalized spacial score (nSPS) is 42.6. The van der Waals surface area contributed by atoms with Crippen molar-refractivity contribution in [3.8, 4) is 6.07 Å². The third-order valence-corrected chi connectivity index (χ3v) is 5.35. The first-order valence-electron chi connectivity index (χ1n) is 6.82. The predicted molar refractivity (Wildman–Crippen MR) is 63.2 cm³/mol. The number of rotatable bonds is 1. The Morgan fingerprint density at radius 2 is 1.71 bits per heavy atom. The molecule has 4 fully saturated rings. The molecule has 4 aliphatic carbocycles. The van der Waals surface area contributed by atoms with Crippen LogP contribution in [0.1, 0.15) is 49.3 Å². The monoisotopic (exact) mass is 227 g/mol. The number of furan rings is 1. The van der Waals surface area contributed by atoms with E-state index in [1.807, 2.05) is 6.07 Å². The molecule has 5 rings (SSSR count). The summed E-state index contributed by atoms with van der Waals surface area (Å²) < 4.78 is 5.66. The molecule has 0 radical (unpaired) electrons. The maximum Gasteiger partial charge on any atom is 0.125 e. The maximum atomic E-state index is 9.15. The second-order valence-corrected chi connectivity index (χ2v) is 6.27. The smallest absolute Gasteiger partial charge is 0.125 e. The van der Waals surface area contributed by atoms with Crippen LogP contribution in [0.25, 0.3) is 0 Å². The largest absolute Gasteiger partial charge is 0.468 e. The quantitative estimate of drug-likeness (QED) is 0.733. The molecular weight excluding hydrogens is 210 g/mol. The van der Waals surface area contributed by atoms with Gasteiger partial charge in [0.25, 0.3) is 0 Å². The van der Waals surface area contributed by atoms with E-state index in [0.29, 0.717) is 5.92 Å². The predicted octanol–water partition coefficient (Wildman–Crippen LogP) is 3.69. The molecule has 4 aliphatic rings. The van der Waals surface area contributed by atoms with Gasteiger partial charge < -0.3 is 4.42 Å². The van der Waals surface area contributed by atoms with Gasteiger partial charge in [0.05, 0.1) is 11.8 Å². The minimum atomic E-state index is 0.549. The van der Waals surface area contributed by atoms with E-state index in [2.05, 4.69) is 6.07 Å². The molecule has 0 unspecified atom stereocenters. The summed E-state index contributed by atoms with van der Waals surface area (Å²) in [7, 11) is 0. The average Bonchev–Trinajstić information content (AvgIpc) is 2.75. The Kier molecular flexibility index (Phi) is 1.94. The zero-order valence-corrected chi connectivity index (χ0v) is 9.93. The van der Waals surface area contributed by atoms with Crippen molar-refractivity contribution in [1.29, 1.82) is 5.26 Å². The molecule has 1 aromatic rings. The van der Waals surface area contributed by atoms with Crippen LogP contribution < -0.4 is 0 Å². The van der Waals surface area contributed by atoms with Crippen molar-refractivity contribution in [1.82, 2.24) is 0 Å². The molecule has 0 aromatic carbocycles. The number of hydrogen-bond acceptors (Lipinski definition) is 2. The Labute approximate surface area is 102 Å². The Balaban J connectivity index is 1.73. The van der Waals surface area contributed by atoms with E-state index >= 15 is 0 Å². The Bertz CT molecular complexity index is 453. The fourth-order valence-corrected chi connectivity index (χ4v) is 5.02. The summed E-state index contributed by atoms with van der Waals surface area (Å²) in [5.74, 6) is 5.10. The van der Waals surface area contributed by atoms with Crippen LogP contribution in [0, 0.1) is 35.0 Å². The third-order valence-electron chi connectivity index (χ3n) is 5.35. The van der Waals surface area contributed by atoms with Gasteiger partial charge in [-0.15, -0.1) is 0 Å². The maximum absolute atomic E-state index is 9.15. The lowest BCUT2D eigenvalue weighted by Gasteiger charge is -2.53.